The molecule has 2 heterocycles. The zero-order valence-corrected chi connectivity index (χ0v) is 15.3. The van der Waals surface area contributed by atoms with Gasteiger partial charge in [-0.2, -0.15) is 11.8 Å². The Morgan fingerprint density at radius 3 is 2.81 bits per heavy atom. The molecule has 0 unspecified atom stereocenters. The van der Waals surface area contributed by atoms with Gasteiger partial charge in [-0.05, 0) is 31.4 Å². The van der Waals surface area contributed by atoms with Gasteiger partial charge in [-0.3, -0.25) is 4.79 Å². The van der Waals surface area contributed by atoms with Crippen LogP contribution in [0.25, 0.3) is 11.0 Å². The van der Waals surface area contributed by atoms with E-state index in [1.807, 2.05) is 35.1 Å². The number of aryl methyl sites for hydroxylation is 1. The molecule has 0 aliphatic heterocycles. The second kappa shape index (κ2) is 7.65. The molecule has 8 heteroatoms. The average Bonchev–Trinajstić information content (AvgIpc) is 3.14. The van der Waals surface area contributed by atoms with Crippen LogP contribution in [-0.4, -0.2) is 32.8 Å². The summed E-state index contributed by atoms with van der Waals surface area (Å²) < 4.78 is 7.28. The maximum atomic E-state index is 12.4. The lowest BCUT2D eigenvalue weighted by Crippen LogP contribution is -2.27. The van der Waals surface area contributed by atoms with Gasteiger partial charge in [0.1, 0.15) is 29.5 Å². The summed E-state index contributed by atoms with van der Waals surface area (Å²) in [6.45, 7) is 1.86. The van der Waals surface area contributed by atoms with E-state index in [2.05, 4.69) is 10.3 Å². The Hall–Kier alpha value is -2.74. The normalized spacial score (nSPS) is 11.0. The van der Waals surface area contributed by atoms with Gasteiger partial charge >= 0.3 is 5.97 Å². The highest BCUT2D eigenvalue weighted by atomic mass is 32.2. The number of amides is 1. The summed E-state index contributed by atoms with van der Waals surface area (Å²) in [6.07, 6.45) is 1.99. The van der Waals surface area contributed by atoms with E-state index in [9.17, 15) is 9.59 Å². The maximum Gasteiger partial charge on any atom is 0.339 e. The molecule has 7 nitrogen and oxygen atoms in total. The van der Waals surface area contributed by atoms with Crippen LogP contribution in [0.4, 0.5) is 0 Å². The first-order chi connectivity index (χ1) is 12.5. The summed E-state index contributed by atoms with van der Waals surface area (Å²) in [5.41, 5.74) is 1.88. The summed E-state index contributed by atoms with van der Waals surface area (Å²) in [5.74, 6) is 1.05. The van der Waals surface area contributed by atoms with Crippen LogP contribution >= 0.6 is 11.8 Å². The van der Waals surface area contributed by atoms with E-state index >= 15 is 0 Å². The van der Waals surface area contributed by atoms with Crippen molar-refractivity contribution in [3.63, 3.8) is 0 Å². The number of hydrogen-bond donors (Lipinski definition) is 2. The Labute approximate surface area is 154 Å². The van der Waals surface area contributed by atoms with Gasteiger partial charge in [-0.15, -0.1) is 0 Å². The Morgan fingerprint density at radius 2 is 2.12 bits per heavy atom. The molecule has 136 valence electrons. The first-order valence-corrected chi connectivity index (χ1v) is 9.41. The summed E-state index contributed by atoms with van der Waals surface area (Å²) >= 11 is 1.64. The number of imidazole rings is 1. The SMILES string of the molecule is CSCc1nc2ccccc2n1CC(=O)NCc1cc(C(=O)O)c(C)o1. The van der Waals surface area contributed by atoms with Crippen LogP contribution in [-0.2, 0) is 23.6 Å². The zero-order chi connectivity index (χ0) is 18.7. The van der Waals surface area contributed by atoms with Crippen molar-refractivity contribution in [2.45, 2.75) is 25.8 Å². The third-order valence-corrected chi connectivity index (χ3v) is 4.51. The smallest absolute Gasteiger partial charge is 0.339 e. The number of benzene rings is 1. The van der Waals surface area contributed by atoms with Crippen LogP contribution < -0.4 is 5.32 Å². The molecule has 26 heavy (non-hydrogen) atoms. The van der Waals surface area contributed by atoms with E-state index in [0.717, 1.165) is 16.9 Å². The number of furan rings is 1. The van der Waals surface area contributed by atoms with Crippen LogP contribution in [0.5, 0.6) is 0 Å². The number of para-hydroxylation sites is 2. The Kier molecular flexibility index (Phi) is 5.32. The number of aromatic nitrogens is 2. The molecular weight excluding hydrogens is 354 g/mol. The highest BCUT2D eigenvalue weighted by Crippen LogP contribution is 2.19. The molecule has 0 bridgehead atoms. The zero-order valence-electron chi connectivity index (χ0n) is 14.5. The van der Waals surface area contributed by atoms with Gasteiger partial charge in [0.05, 0.1) is 23.3 Å². The number of carbonyl (C=O) groups excluding carboxylic acids is 1. The number of nitrogens with one attached hydrogen (secondary N) is 1. The van der Waals surface area contributed by atoms with E-state index in [1.54, 1.807) is 18.7 Å². The lowest BCUT2D eigenvalue weighted by atomic mass is 10.2. The predicted molar refractivity (Wildman–Crippen MR) is 99.2 cm³/mol. The van der Waals surface area contributed by atoms with Gasteiger partial charge in [-0.1, -0.05) is 12.1 Å². The lowest BCUT2D eigenvalue weighted by molar-refractivity contribution is -0.121. The largest absolute Gasteiger partial charge is 0.478 e. The van der Waals surface area contributed by atoms with Gasteiger partial charge in [0.2, 0.25) is 5.91 Å². The lowest BCUT2D eigenvalue weighted by Gasteiger charge is -2.09. The van der Waals surface area contributed by atoms with Gasteiger partial charge in [0.15, 0.2) is 0 Å². The quantitative estimate of drug-likeness (QED) is 0.661. The molecule has 0 atom stereocenters. The number of nitrogens with zero attached hydrogens (tertiary/aromatic N) is 2. The molecule has 0 spiro atoms. The van der Waals surface area contributed by atoms with Crippen molar-refractivity contribution >= 4 is 34.7 Å². The highest BCUT2D eigenvalue weighted by molar-refractivity contribution is 7.97. The molecular formula is C18H19N3O4S. The van der Waals surface area contributed by atoms with E-state index in [4.69, 9.17) is 9.52 Å². The van der Waals surface area contributed by atoms with Gasteiger partial charge in [0, 0.05) is 0 Å². The van der Waals surface area contributed by atoms with Crippen LogP contribution in [0.15, 0.2) is 34.7 Å². The van der Waals surface area contributed by atoms with Crippen molar-refractivity contribution in [1.82, 2.24) is 14.9 Å². The maximum absolute atomic E-state index is 12.4. The minimum absolute atomic E-state index is 0.108. The van der Waals surface area contributed by atoms with E-state index in [0.29, 0.717) is 17.3 Å². The highest BCUT2D eigenvalue weighted by Gasteiger charge is 2.16. The summed E-state index contributed by atoms with van der Waals surface area (Å²) in [5, 5.41) is 11.8. The van der Waals surface area contributed by atoms with Crippen LogP contribution in [0.1, 0.15) is 27.7 Å². The van der Waals surface area contributed by atoms with E-state index in [-0.39, 0.29) is 24.6 Å². The fourth-order valence-electron chi connectivity index (χ4n) is 2.77. The minimum atomic E-state index is -1.05. The number of carbonyl (C=O) groups is 2. The van der Waals surface area contributed by atoms with Crippen molar-refractivity contribution in [3.8, 4) is 0 Å². The molecule has 1 aromatic carbocycles. The third kappa shape index (κ3) is 3.75. The molecule has 2 aromatic heterocycles. The molecule has 1 amide bonds. The Balaban J connectivity index is 1.72. The first-order valence-electron chi connectivity index (χ1n) is 8.02. The second-order valence-electron chi connectivity index (χ2n) is 5.80. The number of hydrogen-bond acceptors (Lipinski definition) is 5. The summed E-state index contributed by atoms with van der Waals surface area (Å²) in [7, 11) is 0. The number of rotatable bonds is 7. The monoisotopic (exact) mass is 373 g/mol. The standard InChI is InChI=1S/C18H19N3O4S/c1-11-13(18(23)24)7-12(25-11)8-19-17(22)9-21-15-6-4-3-5-14(15)20-16(21)10-26-2/h3-7H,8-10H2,1-2H3,(H,19,22)(H,23,24). The predicted octanol–water partition coefficient (Wildman–Crippen LogP) is 2.82. The van der Waals surface area contributed by atoms with E-state index in [1.165, 1.54) is 6.07 Å². The molecule has 0 saturated carbocycles. The van der Waals surface area contributed by atoms with Gasteiger partial charge in [0.25, 0.3) is 0 Å². The number of thioether (sulfide) groups is 1. The molecule has 0 aliphatic rings. The minimum Gasteiger partial charge on any atom is -0.478 e. The molecule has 0 aliphatic carbocycles. The molecule has 2 N–H and O–H groups in total. The van der Waals surface area contributed by atoms with Crippen LogP contribution in [0.3, 0.4) is 0 Å². The van der Waals surface area contributed by atoms with Crippen molar-refractivity contribution in [2.75, 3.05) is 6.26 Å². The van der Waals surface area contributed by atoms with Crippen molar-refractivity contribution in [3.05, 3.63) is 53.2 Å². The number of aromatic carboxylic acids is 1. The fraction of sp³-hybridized carbons (Fsp3) is 0.278. The topological polar surface area (TPSA) is 97.4 Å². The van der Waals surface area contributed by atoms with Gasteiger partial charge < -0.3 is 19.4 Å². The molecule has 0 fully saturated rings. The van der Waals surface area contributed by atoms with Crippen molar-refractivity contribution < 1.29 is 19.1 Å². The first kappa shape index (κ1) is 18.1. The number of carboxylic acids is 1. The Bertz CT molecular complexity index is 961. The molecule has 0 saturated heterocycles. The average molecular weight is 373 g/mol. The molecule has 0 radical (unpaired) electrons. The van der Waals surface area contributed by atoms with Crippen LogP contribution in [0, 0.1) is 6.92 Å². The van der Waals surface area contributed by atoms with Crippen molar-refractivity contribution in [2.24, 2.45) is 0 Å². The second-order valence-corrected chi connectivity index (χ2v) is 6.67. The fourth-order valence-corrected chi connectivity index (χ4v) is 3.25. The number of carboxylic acid groups (broad SMARTS) is 1. The van der Waals surface area contributed by atoms with Crippen LogP contribution in [0.2, 0.25) is 0 Å². The molecule has 3 rings (SSSR count). The molecule has 3 aromatic rings. The van der Waals surface area contributed by atoms with Crippen molar-refractivity contribution in [1.29, 1.82) is 0 Å². The summed E-state index contributed by atoms with van der Waals surface area (Å²) in [4.78, 5) is 28.0. The third-order valence-electron chi connectivity index (χ3n) is 3.97. The van der Waals surface area contributed by atoms with E-state index < -0.39 is 5.97 Å². The number of fused-ring (bicyclic) bond motifs is 1. The summed E-state index contributed by atoms with van der Waals surface area (Å²) in [6, 6.07) is 9.13. The Morgan fingerprint density at radius 1 is 1.35 bits per heavy atom. The van der Waals surface area contributed by atoms with Gasteiger partial charge in [-0.25, -0.2) is 9.78 Å².